The largest absolute Gasteiger partial charge is 0.495 e. The van der Waals surface area contributed by atoms with Crippen molar-refractivity contribution in [1.29, 1.82) is 0 Å². The van der Waals surface area contributed by atoms with E-state index < -0.39 is 16.0 Å². The van der Waals surface area contributed by atoms with E-state index in [0.717, 1.165) is 0 Å². The summed E-state index contributed by atoms with van der Waals surface area (Å²) in [5.74, 6) is -0.777. The predicted molar refractivity (Wildman–Crippen MR) is 134 cm³/mol. The number of methoxy groups -OCH3 is 1. The normalized spacial score (nSPS) is 10.9. The van der Waals surface area contributed by atoms with Crippen molar-refractivity contribution in [2.75, 3.05) is 18.4 Å². The summed E-state index contributed by atoms with van der Waals surface area (Å²) in [6.07, 6.45) is -0.194. The average Bonchev–Trinajstić information content (AvgIpc) is 2.80. The van der Waals surface area contributed by atoms with Crippen molar-refractivity contribution in [3.05, 3.63) is 71.8 Å². The van der Waals surface area contributed by atoms with E-state index >= 15 is 0 Å². The zero-order valence-electron chi connectivity index (χ0n) is 19.5. The smallest absolute Gasteiger partial charge is 0.307 e. The lowest BCUT2D eigenvalue weighted by Crippen LogP contribution is -2.23. The highest BCUT2D eigenvalue weighted by molar-refractivity contribution is 7.92. The number of hydrogen-bond acceptors (Lipinski definition) is 6. The topological polar surface area (TPSA) is 131 Å². The Hall–Kier alpha value is -3.99. The van der Waals surface area contributed by atoms with Crippen LogP contribution in [0.25, 0.3) is 0 Å². The fourth-order valence-electron chi connectivity index (χ4n) is 3.32. The molecule has 0 aromatic heterocycles. The van der Waals surface area contributed by atoms with Crippen LogP contribution in [0.2, 0.25) is 0 Å². The van der Waals surface area contributed by atoms with Gasteiger partial charge in [-0.3, -0.25) is 14.3 Å². The molecule has 0 unspecified atom stereocenters. The molecule has 0 fully saturated rings. The van der Waals surface area contributed by atoms with Gasteiger partial charge in [-0.15, -0.1) is 0 Å². The third-order valence-electron chi connectivity index (χ3n) is 4.91. The molecule has 0 saturated carbocycles. The summed E-state index contributed by atoms with van der Waals surface area (Å²) in [6.45, 7) is 2.17. The van der Waals surface area contributed by atoms with Gasteiger partial charge in [0.2, 0.25) is 0 Å². The highest BCUT2D eigenvalue weighted by Gasteiger charge is 2.23. The van der Waals surface area contributed by atoms with Crippen molar-refractivity contribution in [3.8, 4) is 17.2 Å². The molecule has 182 valence electrons. The van der Waals surface area contributed by atoms with Crippen LogP contribution in [0.5, 0.6) is 17.2 Å². The monoisotopic (exact) mass is 496 g/mol. The van der Waals surface area contributed by atoms with Gasteiger partial charge in [0.15, 0.2) is 5.75 Å². The van der Waals surface area contributed by atoms with E-state index in [2.05, 4.69) is 10.0 Å². The van der Waals surface area contributed by atoms with E-state index in [9.17, 15) is 18.0 Å². The van der Waals surface area contributed by atoms with Crippen molar-refractivity contribution in [1.82, 2.24) is 5.32 Å². The molecule has 3 rings (SSSR count). The first-order valence-corrected chi connectivity index (χ1v) is 12.2. The van der Waals surface area contributed by atoms with Gasteiger partial charge in [-0.05, 0) is 55.0 Å². The van der Waals surface area contributed by atoms with Crippen LogP contribution in [-0.2, 0) is 21.2 Å². The number of sulfonamides is 1. The highest BCUT2D eigenvalue weighted by atomic mass is 32.2. The minimum Gasteiger partial charge on any atom is -0.495 e. The number of carboxylic acid groups (broad SMARTS) is 1. The summed E-state index contributed by atoms with van der Waals surface area (Å²) in [6, 6.07) is 15.6. The fraction of sp³-hybridized carbons (Fsp3) is 0.167. The number of carbonyl (C=O) groups is 2. The van der Waals surface area contributed by atoms with Gasteiger partial charge in [-0.25, -0.2) is 8.42 Å². The first-order valence-electron chi connectivity index (χ1n) is 10.7. The number of carbonyl (C=O) groups excluding carboxylic acids is 1. The number of hydrogen-bond donors (Lipinski definition) is 3. The van der Waals surface area contributed by atoms with Crippen molar-refractivity contribution >= 4 is 40.9 Å². The molecule has 0 aliphatic carbocycles. The quantitative estimate of drug-likeness (QED) is 0.366. The van der Waals surface area contributed by atoms with Crippen LogP contribution in [0, 0.1) is 0 Å². The molecule has 0 aliphatic rings. The molecule has 0 radical (unpaired) electrons. The molecule has 0 heterocycles. The lowest BCUT2D eigenvalue weighted by molar-refractivity contribution is -0.136. The molecule has 0 aliphatic heterocycles. The van der Waals surface area contributed by atoms with E-state index in [-0.39, 0.29) is 40.0 Å². The molecule has 35 heavy (non-hydrogen) atoms. The Balaban J connectivity index is 2.04. The number of rotatable bonds is 10. The van der Waals surface area contributed by atoms with Gasteiger partial charge in [-0.1, -0.05) is 23.7 Å². The average molecular weight is 496 g/mol. The fourth-order valence-corrected chi connectivity index (χ4v) is 4.63. The minimum atomic E-state index is -4.14. The highest BCUT2D eigenvalue weighted by Crippen LogP contribution is 2.34. The second-order valence-corrected chi connectivity index (χ2v) is 9.30. The molecule has 3 aromatic carbocycles. The minimum absolute atomic E-state index is 0.0287. The standard InChI is InChI=1S/C24H25BN2O7S/c1-3-26-24(30)16-7-9-20(34-18-6-4-5-15(11-18)12-23(28)29)19(13-16)27-35(31,32)22-14-17(25)8-10-21(22)33-2/h4-11,13-14,27H,3,12,25H2,1-2H3,(H,26,30)(H,28,29). The molecule has 0 spiro atoms. The van der Waals surface area contributed by atoms with Gasteiger partial charge >= 0.3 is 5.97 Å². The van der Waals surface area contributed by atoms with Gasteiger partial charge in [0.05, 0.1) is 19.2 Å². The van der Waals surface area contributed by atoms with E-state index in [1.54, 1.807) is 51.2 Å². The predicted octanol–water partition coefficient (Wildman–Crippen LogP) is 1.92. The molecule has 1 amide bonds. The maximum absolute atomic E-state index is 13.3. The summed E-state index contributed by atoms with van der Waals surface area (Å²) in [4.78, 5) is 23.4. The lowest BCUT2D eigenvalue weighted by Gasteiger charge is -2.17. The number of carboxylic acids is 1. The van der Waals surface area contributed by atoms with Crippen LogP contribution >= 0.6 is 0 Å². The summed E-state index contributed by atoms with van der Waals surface area (Å²) < 4.78 is 40.3. The van der Waals surface area contributed by atoms with Gasteiger partial charge in [0.25, 0.3) is 15.9 Å². The molecular weight excluding hydrogens is 471 g/mol. The Kier molecular flexibility index (Phi) is 8.03. The summed E-state index contributed by atoms with van der Waals surface area (Å²) in [7, 11) is -1.01. The molecule has 9 nitrogen and oxygen atoms in total. The Morgan fingerprint density at radius 2 is 1.77 bits per heavy atom. The van der Waals surface area contributed by atoms with Gasteiger partial charge in [0.1, 0.15) is 24.2 Å². The second kappa shape index (κ2) is 11.0. The molecule has 0 bridgehead atoms. The molecule has 11 heteroatoms. The van der Waals surface area contributed by atoms with Gasteiger partial charge in [-0.2, -0.15) is 0 Å². The number of aliphatic carboxylic acids is 1. The Labute approximate surface area is 204 Å². The Bertz CT molecular complexity index is 1360. The van der Waals surface area contributed by atoms with Crippen molar-refractivity contribution in [2.24, 2.45) is 0 Å². The zero-order chi connectivity index (χ0) is 25.6. The van der Waals surface area contributed by atoms with E-state index in [1.165, 1.54) is 31.4 Å². The third-order valence-corrected chi connectivity index (χ3v) is 6.30. The summed E-state index contributed by atoms with van der Waals surface area (Å²) in [5.41, 5.74) is 1.49. The molecule has 3 aromatic rings. The Morgan fingerprint density at radius 3 is 2.46 bits per heavy atom. The van der Waals surface area contributed by atoms with Crippen LogP contribution < -0.4 is 25.0 Å². The van der Waals surface area contributed by atoms with Gasteiger partial charge in [0, 0.05) is 12.1 Å². The van der Waals surface area contributed by atoms with Crippen molar-refractivity contribution < 1.29 is 32.6 Å². The molecule has 0 atom stereocenters. The van der Waals surface area contributed by atoms with Gasteiger partial charge < -0.3 is 19.9 Å². The SMILES string of the molecule is Bc1ccc(OC)c(S(=O)(=O)Nc2cc(C(=O)NCC)ccc2Oc2cccc(CC(=O)O)c2)c1. The first-order chi connectivity index (χ1) is 16.6. The number of anilines is 1. The molecule has 3 N–H and O–H groups in total. The lowest BCUT2D eigenvalue weighted by atomic mass is 9.97. The second-order valence-electron chi connectivity index (χ2n) is 7.65. The first kappa shape index (κ1) is 25.6. The van der Waals surface area contributed by atoms with E-state index in [1.807, 2.05) is 0 Å². The van der Waals surface area contributed by atoms with Crippen LogP contribution in [0.15, 0.2) is 65.6 Å². The van der Waals surface area contributed by atoms with Crippen molar-refractivity contribution in [3.63, 3.8) is 0 Å². The maximum Gasteiger partial charge on any atom is 0.307 e. The van der Waals surface area contributed by atoms with E-state index in [4.69, 9.17) is 14.6 Å². The molecular formula is C24H25BN2O7S. The Morgan fingerprint density at radius 1 is 1.03 bits per heavy atom. The summed E-state index contributed by atoms with van der Waals surface area (Å²) >= 11 is 0. The van der Waals surface area contributed by atoms with Crippen LogP contribution in [0.3, 0.4) is 0 Å². The number of amides is 1. The number of ether oxygens (including phenoxy) is 2. The molecule has 0 saturated heterocycles. The number of benzene rings is 3. The number of nitrogens with one attached hydrogen (secondary N) is 2. The van der Waals surface area contributed by atoms with Crippen LogP contribution in [0.4, 0.5) is 5.69 Å². The maximum atomic E-state index is 13.3. The third kappa shape index (κ3) is 6.54. The van der Waals surface area contributed by atoms with Crippen molar-refractivity contribution in [2.45, 2.75) is 18.2 Å². The van der Waals surface area contributed by atoms with Crippen LogP contribution in [0.1, 0.15) is 22.8 Å². The summed E-state index contributed by atoms with van der Waals surface area (Å²) in [5, 5.41) is 11.7. The van der Waals surface area contributed by atoms with E-state index in [0.29, 0.717) is 23.3 Å². The van der Waals surface area contributed by atoms with Crippen LogP contribution in [-0.4, -0.2) is 46.9 Å². The zero-order valence-corrected chi connectivity index (χ0v) is 20.3.